The van der Waals surface area contributed by atoms with Crippen molar-refractivity contribution in [3.63, 3.8) is 0 Å². The molecule has 0 spiro atoms. The van der Waals surface area contributed by atoms with Crippen LogP contribution in [0.15, 0.2) is 113 Å². The number of ether oxygens (including phenoxy) is 4. The van der Waals surface area contributed by atoms with Crippen LogP contribution in [0.25, 0.3) is 21.8 Å². The number of rotatable bonds is 18. The average molecular weight is 1320 g/mol. The Morgan fingerprint density at radius 2 is 0.851 bits per heavy atom. The van der Waals surface area contributed by atoms with Gasteiger partial charge in [0.1, 0.15) is 69.6 Å². The minimum absolute atomic E-state index is 0.0645. The first kappa shape index (κ1) is 68.4. The van der Waals surface area contributed by atoms with Crippen LogP contribution in [-0.2, 0) is 38.8 Å². The lowest BCUT2D eigenvalue weighted by Crippen LogP contribution is -2.29. The molecule has 2 heterocycles. The number of hydrogen-bond acceptors (Lipinski definition) is 13. The van der Waals surface area contributed by atoms with Gasteiger partial charge in [0.2, 0.25) is 0 Å². The number of nitrogens with two attached hydrogens (primary N) is 1. The summed E-state index contributed by atoms with van der Waals surface area (Å²) in [5, 5.41) is 21.3. The van der Waals surface area contributed by atoms with Crippen molar-refractivity contribution in [2.75, 3.05) is 11.9 Å². The van der Waals surface area contributed by atoms with E-state index in [1.807, 2.05) is 0 Å². The first-order chi connectivity index (χ1) is 44.9. The summed E-state index contributed by atoms with van der Waals surface area (Å²) >= 11 is 0. The maximum absolute atomic E-state index is 14.1. The van der Waals surface area contributed by atoms with E-state index in [0.29, 0.717) is 148 Å². The fourth-order valence-corrected chi connectivity index (χ4v) is 11.6. The number of carboxylic acid groups (broad SMARTS) is 2. The number of nitrogens with one attached hydrogen (secondary N) is 1. The molecule has 8 aromatic rings. The van der Waals surface area contributed by atoms with Crippen LogP contribution in [0.5, 0.6) is 17.2 Å². The molecular weight excluding hydrogens is 1250 g/mol. The normalized spacial score (nSPS) is 18.6. The van der Waals surface area contributed by atoms with E-state index in [9.17, 15) is 68.3 Å². The number of halogens is 9. The average Bonchev–Trinajstić information content (AvgIpc) is 0.810. The van der Waals surface area contributed by atoms with Gasteiger partial charge < -0.3 is 49.3 Å². The van der Waals surface area contributed by atoms with Crippen LogP contribution in [0, 0.1) is 70.1 Å². The quantitative estimate of drug-likeness (QED) is 0.0460. The van der Waals surface area contributed by atoms with Crippen LogP contribution in [0.1, 0.15) is 111 Å². The number of nitrogens with zero attached hydrogens (tertiary/aromatic N) is 4. The molecule has 0 saturated heterocycles. The molecule has 1 amide bonds. The van der Waals surface area contributed by atoms with Crippen LogP contribution >= 0.6 is 0 Å². The van der Waals surface area contributed by atoms with Gasteiger partial charge in [0.25, 0.3) is 17.0 Å². The van der Waals surface area contributed by atoms with E-state index in [0.717, 1.165) is 0 Å². The predicted molar refractivity (Wildman–Crippen MR) is 322 cm³/mol. The maximum Gasteiger partial charge on any atom is 0.308 e. The third-order valence-electron chi connectivity index (χ3n) is 16.6. The Morgan fingerprint density at radius 3 is 1.21 bits per heavy atom. The predicted octanol–water partition coefficient (Wildman–Crippen LogP) is 12.1. The fraction of sp³-hybridized carbons (Fsp3) is 0.343. The lowest BCUT2D eigenvalue weighted by molar-refractivity contribution is -0.149. The molecule has 3 fully saturated rings. The van der Waals surface area contributed by atoms with Gasteiger partial charge in [-0.25, -0.2) is 39.5 Å². The van der Waals surface area contributed by atoms with Gasteiger partial charge in [0.15, 0.2) is 0 Å². The van der Waals surface area contributed by atoms with Gasteiger partial charge in [-0.05, 0) is 139 Å². The number of esters is 1. The van der Waals surface area contributed by atoms with E-state index in [1.165, 1.54) is 40.0 Å². The van der Waals surface area contributed by atoms with Gasteiger partial charge in [0.05, 0.1) is 95.8 Å². The molecule has 5 N–H and O–H groups in total. The summed E-state index contributed by atoms with van der Waals surface area (Å²) in [4.78, 5) is 78.0. The summed E-state index contributed by atoms with van der Waals surface area (Å²) in [5.41, 5.74) is 4.46. The van der Waals surface area contributed by atoms with E-state index in [1.54, 1.807) is 43.3 Å². The van der Waals surface area contributed by atoms with Gasteiger partial charge in [-0.3, -0.25) is 28.8 Å². The molecule has 0 bridgehead atoms. The highest BCUT2D eigenvalue weighted by Crippen LogP contribution is 2.34. The Balaban J connectivity index is 0.000000166. The van der Waals surface area contributed by atoms with Crippen LogP contribution in [0.2, 0.25) is 0 Å². The van der Waals surface area contributed by atoms with Crippen molar-refractivity contribution in [1.29, 1.82) is 0 Å². The van der Waals surface area contributed by atoms with Crippen molar-refractivity contribution < 1.29 is 87.9 Å². The molecule has 0 atom stereocenters. The number of anilines is 1. The second kappa shape index (κ2) is 30.7. The van der Waals surface area contributed by atoms with Crippen molar-refractivity contribution in [1.82, 2.24) is 19.1 Å². The highest BCUT2D eigenvalue weighted by atomic mass is 19.2. The summed E-state index contributed by atoms with van der Waals surface area (Å²) in [6.07, 6.45) is 9.05. The number of carbonyl (C=O) groups excluding carboxylic acids is 2. The minimum Gasteiger partial charge on any atom is -0.490 e. The number of aliphatic carboxylic acids is 2. The number of carboxylic acids is 2. The smallest absolute Gasteiger partial charge is 0.308 e. The molecule has 0 radical (unpaired) electrons. The zero-order chi connectivity index (χ0) is 67.5. The number of amides is 1. The topological polar surface area (TPSA) is 253 Å². The number of benzene rings is 6. The summed E-state index contributed by atoms with van der Waals surface area (Å²) in [7, 11) is 0. The third kappa shape index (κ3) is 17.2. The van der Waals surface area contributed by atoms with Crippen LogP contribution < -0.4 is 36.4 Å². The third-order valence-corrected chi connectivity index (χ3v) is 16.6. The van der Waals surface area contributed by atoms with Gasteiger partial charge in [-0.2, -0.15) is 9.97 Å². The van der Waals surface area contributed by atoms with Crippen molar-refractivity contribution in [3.8, 4) is 17.2 Å². The lowest BCUT2D eigenvalue weighted by Gasteiger charge is -2.27. The Hall–Kier alpha value is -9.95. The van der Waals surface area contributed by atoms with E-state index < -0.39 is 81.3 Å². The standard InChI is InChI=1S/C24H23F3N2O4.C22H19F3N2O4.C21H21F3N2O4/c1-2-32-24(31)14-3-5-16(6-4-14)33-17-7-8-22-18(11-17)23(30)28-13-29(22)12-19-20(26)9-15(25)10-21(19)27;23-13-7-18(24)17(19(25)8-13)10-27-11-26-21(28)16-9-15(5-6-20(16)27)31-14-3-1-12(2-4-14)22(29)30;22-12-7-17(23)16(18(24)8-12)10-26-19-6-5-14(9-15(19)20(25)27)30-13-3-1-11(2-4-13)21(28)29/h7-11,13-14,16H,2-6,12H2,1H3;5-9,11-12,14H,1-4,10H2,(H,29,30);5-9,11,13,26H,1-4,10H2,(H2,25,27)(H,28,29). The molecule has 11 rings (SSSR count). The van der Waals surface area contributed by atoms with E-state index in [4.69, 9.17) is 34.9 Å². The summed E-state index contributed by atoms with van der Waals surface area (Å²) < 4.78 is 149. The highest BCUT2D eigenvalue weighted by Gasteiger charge is 2.31. The summed E-state index contributed by atoms with van der Waals surface area (Å²) in [6.45, 7) is 1.28. The Bertz CT molecular complexity index is 4180. The molecule has 2 aromatic heterocycles. The van der Waals surface area contributed by atoms with Gasteiger partial charge in [-0.15, -0.1) is 0 Å². The zero-order valence-electron chi connectivity index (χ0n) is 50.3. The van der Waals surface area contributed by atoms with E-state index >= 15 is 0 Å². The number of aromatic nitrogens is 4. The molecule has 496 valence electrons. The van der Waals surface area contributed by atoms with Crippen LogP contribution in [0.4, 0.5) is 45.2 Å². The van der Waals surface area contributed by atoms with Crippen LogP contribution in [-0.4, -0.2) is 78.0 Å². The molecule has 27 heteroatoms. The maximum atomic E-state index is 14.1. The summed E-state index contributed by atoms with van der Waals surface area (Å²) in [6, 6.07) is 17.7. The molecule has 94 heavy (non-hydrogen) atoms. The zero-order valence-corrected chi connectivity index (χ0v) is 50.3. The Morgan fingerprint density at radius 1 is 0.500 bits per heavy atom. The number of hydrogen-bond donors (Lipinski definition) is 4. The van der Waals surface area contributed by atoms with Gasteiger partial charge in [0, 0.05) is 65.3 Å². The van der Waals surface area contributed by atoms with Crippen molar-refractivity contribution in [2.45, 2.75) is 122 Å². The first-order valence-corrected chi connectivity index (χ1v) is 30.1. The molecule has 3 aliphatic carbocycles. The SMILES string of the molecule is CCOC(=O)C1CCC(Oc2ccc3c(c2)c(=O)ncn3Cc2c(F)cc(F)cc2F)CC1.NC(=O)c1cc(OC2CCC(C(=O)O)CC2)ccc1NCc1c(F)cc(F)cc1F.O=C(O)C1CCC(Oc2ccc3c(c2)c(=O)ncn3Cc2c(F)cc(F)cc2F)CC1. The molecule has 3 aliphatic rings. The van der Waals surface area contributed by atoms with Gasteiger partial charge in [-0.1, -0.05) is 0 Å². The summed E-state index contributed by atoms with van der Waals surface area (Å²) in [5.74, 6) is -11.3. The number of carbonyl (C=O) groups is 4. The second-order valence-electron chi connectivity index (χ2n) is 22.9. The van der Waals surface area contributed by atoms with Crippen molar-refractivity contribution >= 4 is 51.3 Å². The second-order valence-corrected chi connectivity index (χ2v) is 22.9. The monoisotopic (exact) mass is 1310 g/mol. The largest absolute Gasteiger partial charge is 0.490 e. The molecule has 3 saturated carbocycles. The highest BCUT2D eigenvalue weighted by molar-refractivity contribution is 5.99. The van der Waals surface area contributed by atoms with Crippen molar-refractivity contribution in [2.24, 2.45) is 23.5 Å². The Kier molecular flexibility index (Phi) is 22.3. The number of fused-ring (bicyclic) bond motifs is 2. The first-order valence-electron chi connectivity index (χ1n) is 30.1. The van der Waals surface area contributed by atoms with E-state index in [-0.39, 0.29) is 100 Å². The van der Waals surface area contributed by atoms with E-state index in [2.05, 4.69) is 15.3 Å². The fourth-order valence-electron chi connectivity index (χ4n) is 11.6. The number of primary amides is 1. The molecular formula is C67H63F9N6O12. The Labute approximate surface area is 530 Å². The molecule has 0 unspecified atom stereocenters. The minimum atomic E-state index is -1.04. The van der Waals surface area contributed by atoms with Crippen LogP contribution in [0.3, 0.4) is 0 Å². The van der Waals surface area contributed by atoms with Crippen molar-refractivity contribution in [3.05, 3.63) is 199 Å². The molecule has 6 aromatic carbocycles. The molecule has 18 nitrogen and oxygen atoms in total. The lowest BCUT2D eigenvalue weighted by atomic mass is 9.87. The molecule has 0 aliphatic heterocycles. The van der Waals surface area contributed by atoms with Gasteiger partial charge >= 0.3 is 17.9 Å².